The van der Waals surface area contributed by atoms with E-state index in [9.17, 15) is 9.59 Å². The van der Waals surface area contributed by atoms with Gasteiger partial charge in [0.1, 0.15) is 0 Å². The summed E-state index contributed by atoms with van der Waals surface area (Å²) >= 11 is 0. The van der Waals surface area contributed by atoms with Crippen molar-refractivity contribution in [1.29, 1.82) is 0 Å². The molecule has 0 atom stereocenters. The first-order valence-corrected chi connectivity index (χ1v) is 11.9. The van der Waals surface area contributed by atoms with Crippen LogP contribution >= 0.6 is 0 Å². The molecule has 0 radical (unpaired) electrons. The smallest absolute Gasteiger partial charge is 0.332 e. The van der Waals surface area contributed by atoms with Crippen molar-refractivity contribution in [2.75, 3.05) is 32.8 Å². The number of hydrogen-bond acceptors (Lipinski definition) is 5. The van der Waals surface area contributed by atoms with Gasteiger partial charge in [0, 0.05) is 45.1 Å². The van der Waals surface area contributed by atoms with Crippen molar-refractivity contribution in [2.45, 2.75) is 40.3 Å². The number of nitrogens with zero attached hydrogens (tertiary/aromatic N) is 6. The molecule has 0 unspecified atom stereocenters. The molecule has 0 amide bonds. The van der Waals surface area contributed by atoms with E-state index >= 15 is 0 Å². The van der Waals surface area contributed by atoms with Crippen molar-refractivity contribution in [2.24, 2.45) is 7.05 Å². The lowest BCUT2D eigenvalue weighted by Crippen LogP contribution is -2.39. The van der Waals surface area contributed by atoms with E-state index in [1.807, 2.05) is 49.6 Å². The van der Waals surface area contributed by atoms with Crippen LogP contribution < -0.4 is 11.2 Å². The molecular formula is C25H32N6O3. The van der Waals surface area contributed by atoms with Crippen molar-refractivity contribution in [3.8, 4) is 0 Å². The highest BCUT2D eigenvalue weighted by Crippen LogP contribution is 2.17. The number of morpholine rings is 1. The molecule has 4 aromatic rings. The molecular weight excluding hydrogens is 432 g/mol. The lowest BCUT2D eigenvalue weighted by atomic mass is 10.1. The van der Waals surface area contributed by atoms with Gasteiger partial charge in [0.15, 0.2) is 11.2 Å². The van der Waals surface area contributed by atoms with Crippen molar-refractivity contribution < 1.29 is 4.74 Å². The Bertz CT molecular complexity index is 1480. The topological polar surface area (TPSA) is 78.7 Å². The van der Waals surface area contributed by atoms with Gasteiger partial charge < -0.3 is 9.30 Å². The van der Waals surface area contributed by atoms with Crippen LogP contribution in [-0.2, 0) is 24.9 Å². The molecule has 1 saturated heterocycles. The number of imidazole rings is 2. The second-order valence-corrected chi connectivity index (χ2v) is 9.35. The van der Waals surface area contributed by atoms with Crippen LogP contribution in [0, 0.1) is 20.8 Å². The zero-order valence-electron chi connectivity index (χ0n) is 20.4. The Morgan fingerprint density at radius 1 is 1.03 bits per heavy atom. The van der Waals surface area contributed by atoms with Gasteiger partial charge >= 0.3 is 5.69 Å². The Balaban J connectivity index is 1.54. The summed E-state index contributed by atoms with van der Waals surface area (Å²) in [7, 11) is 1.69. The maximum atomic E-state index is 13.6. The van der Waals surface area contributed by atoms with Crippen LogP contribution in [0.5, 0.6) is 0 Å². The van der Waals surface area contributed by atoms with Gasteiger partial charge in [-0.05, 0) is 38.3 Å². The van der Waals surface area contributed by atoms with E-state index in [0.717, 1.165) is 68.2 Å². The Hall–Kier alpha value is -3.17. The molecule has 180 valence electrons. The average Bonchev–Trinajstić information content (AvgIpc) is 3.33. The van der Waals surface area contributed by atoms with Crippen LogP contribution in [-0.4, -0.2) is 60.8 Å². The Kier molecular flexibility index (Phi) is 5.91. The predicted molar refractivity (Wildman–Crippen MR) is 132 cm³/mol. The van der Waals surface area contributed by atoms with Crippen molar-refractivity contribution >= 4 is 16.9 Å². The first-order valence-electron chi connectivity index (χ1n) is 11.9. The summed E-state index contributed by atoms with van der Waals surface area (Å²) in [5.41, 5.74) is 4.37. The van der Waals surface area contributed by atoms with Crippen LogP contribution in [0.15, 0.2) is 34.0 Å². The van der Waals surface area contributed by atoms with Crippen LogP contribution in [0.2, 0.25) is 0 Å². The highest BCUT2D eigenvalue weighted by atomic mass is 16.5. The minimum Gasteiger partial charge on any atom is -0.379 e. The summed E-state index contributed by atoms with van der Waals surface area (Å²) < 4.78 is 12.2. The number of hydrogen-bond donors (Lipinski definition) is 0. The maximum absolute atomic E-state index is 13.6. The van der Waals surface area contributed by atoms with E-state index in [1.54, 1.807) is 7.05 Å². The zero-order chi connectivity index (χ0) is 24.0. The molecule has 5 rings (SSSR count). The molecule has 1 aromatic carbocycles. The molecule has 34 heavy (non-hydrogen) atoms. The van der Waals surface area contributed by atoms with Crippen LogP contribution in [0.1, 0.15) is 28.8 Å². The van der Waals surface area contributed by atoms with Crippen molar-refractivity contribution in [3.05, 3.63) is 67.6 Å². The zero-order valence-corrected chi connectivity index (χ0v) is 20.4. The molecule has 9 heteroatoms. The Labute approximate surface area is 197 Å². The van der Waals surface area contributed by atoms with Crippen LogP contribution in [0.3, 0.4) is 0 Å². The van der Waals surface area contributed by atoms with Crippen molar-refractivity contribution in [3.63, 3.8) is 0 Å². The highest BCUT2D eigenvalue weighted by molar-refractivity contribution is 5.75. The third-order valence-electron chi connectivity index (χ3n) is 6.93. The van der Waals surface area contributed by atoms with Crippen LogP contribution in [0.25, 0.3) is 16.9 Å². The lowest BCUT2D eigenvalue weighted by Gasteiger charge is -2.26. The van der Waals surface area contributed by atoms with Gasteiger partial charge in [0.05, 0.1) is 19.8 Å². The van der Waals surface area contributed by atoms with Crippen molar-refractivity contribution in [1.82, 2.24) is 28.0 Å². The average molecular weight is 465 g/mol. The summed E-state index contributed by atoms with van der Waals surface area (Å²) in [5.74, 6) is 0.700. The Morgan fingerprint density at radius 3 is 2.56 bits per heavy atom. The summed E-state index contributed by atoms with van der Waals surface area (Å²) in [6, 6.07) is 6.09. The standard InChI is InChI=1S/C25H32N6O3/c1-17-6-7-18(2)20(14-17)16-31-23(32)21-22(27(4)25(31)33)26-24-29(19(3)15-30(21)24)9-5-8-28-10-12-34-13-11-28/h6-7,14-15H,5,8-13,16H2,1-4H3. The maximum Gasteiger partial charge on any atom is 0.332 e. The lowest BCUT2D eigenvalue weighted by molar-refractivity contribution is 0.0369. The third kappa shape index (κ3) is 3.88. The summed E-state index contributed by atoms with van der Waals surface area (Å²) in [6.45, 7) is 11.6. The second kappa shape index (κ2) is 8.88. The molecule has 1 aliphatic heterocycles. The number of rotatable bonds is 6. The number of benzene rings is 1. The first kappa shape index (κ1) is 22.6. The van der Waals surface area contributed by atoms with E-state index in [1.165, 1.54) is 9.13 Å². The molecule has 0 N–H and O–H groups in total. The molecule has 1 aliphatic rings. The van der Waals surface area contributed by atoms with Gasteiger partial charge in [-0.1, -0.05) is 23.8 Å². The summed E-state index contributed by atoms with van der Waals surface area (Å²) in [5, 5.41) is 0. The molecule has 9 nitrogen and oxygen atoms in total. The fraction of sp³-hybridized carbons (Fsp3) is 0.480. The number of fused-ring (bicyclic) bond motifs is 3. The number of aromatic nitrogens is 5. The molecule has 0 spiro atoms. The van der Waals surface area contributed by atoms with E-state index in [-0.39, 0.29) is 17.8 Å². The molecule has 0 saturated carbocycles. The van der Waals surface area contributed by atoms with Gasteiger partial charge in [0.25, 0.3) is 5.56 Å². The number of ether oxygens (including phenoxy) is 1. The molecule has 1 fully saturated rings. The van der Waals surface area contributed by atoms with Crippen LogP contribution in [0.4, 0.5) is 0 Å². The summed E-state index contributed by atoms with van der Waals surface area (Å²) in [4.78, 5) is 33.9. The van der Waals surface area contributed by atoms with Gasteiger partial charge in [-0.15, -0.1) is 0 Å². The normalized spacial score (nSPS) is 15.1. The van der Waals surface area contributed by atoms with Gasteiger partial charge in [0.2, 0.25) is 5.78 Å². The highest BCUT2D eigenvalue weighted by Gasteiger charge is 2.21. The number of aryl methyl sites for hydroxylation is 5. The van der Waals surface area contributed by atoms with E-state index in [2.05, 4.69) is 9.47 Å². The minimum atomic E-state index is -0.352. The van der Waals surface area contributed by atoms with Gasteiger partial charge in [-0.3, -0.25) is 23.2 Å². The SMILES string of the molecule is Cc1ccc(C)c(Cn2c(=O)c3c(nc4n(CCCN5CCOCC5)c(C)cn34)n(C)c2=O)c1. The predicted octanol–water partition coefficient (Wildman–Crippen LogP) is 1.85. The first-order chi connectivity index (χ1) is 16.3. The van der Waals surface area contributed by atoms with E-state index in [4.69, 9.17) is 9.72 Å². The second-order valence-electron chi connectivity index (χ2n) is 9.35. The van der Waals surface area contributed by atoms with E-state index in [0.29, 0.717) is 16.9 Å². The van der Waals surface area contributed by atoms with Gasteiger partial charge in [-0.2, -0.15) is 4.98 Å². The molecule has 0 aliphatic carbocycles. The van der Waals surface area contributed by atoms with E-state index < -0.39 is 0 Å². The molecule has 3 aromatic heterocycles. The minimum absolute atomic E-state index is 0.238. The Morgan fingerprint density at radius 2 is 1.79 bits per heavy atom. The largest absolute Gasteiger partial charge is 0.379 e. The van der Waals surface area contributed by atoms with Gasteiger partial charge in [-0.25, -0.2) is 4.79 Å². The summed E-state index contributed by atoms with van der Waals surface area (Å²) in [6.07, 6.45) is 2.93. The molecule has 4 heterocycles. The fourth-order valence-corrected chi connectivity index (χ4v) is 4.89. The monoisotopic (exact) mass is 464 g/mol. The molecule has 0 bridgehead atoms. The quantitative estimate of drug-likeness (QED) is 0.435. The fourth-order valence-electron chi connectivity index (χ4n) is 4.89. The third-order valence-corrected chi connectivity index (χ3v) is 6.93.